The molecule has 0 amide bonds. The molecule has 1 unspecified atom stereocenters. The van der Waals surface area contributed by atoms with Crippen LogP contribution in [0.15, 0.2) is 30.3 Å². The maximum atomic E-state index is 9.30. The van der Waals surface area contributed by atoms with Crippen molar-refractivity contribution in [2.45, 2.75) is 24.8 Å². The van der Waals surface area contributed by atoms with Gasteiger partial charge in [-0.25, -0.2) is 0 Å². The zero-order valence-electron chi connectivity index (χ0n) is 10.3. The lowest BCUT2D eigenvalue weighted by Crippen LogP contribution is -2.56. The minimum atomic E-state index is -0.380. The maximum Gasteiger partial charge on any atom is 0.0623 e. The monoisotopic (exact) mass is 234 g/mol. The minimum Gasteiger partial charge on any atom is -0.394 e. The first-order valence-electron chi connectivity index (χ1n) is 6.38. The normalized spacial score (nSPS) is 26.0. The number of aliphatic hydroxyl groups is 1. The summed E-state index contributed by atoms with van der Waals surface area (Å²) >= 11 is 0. The second-order valence-electron chi connectivity index (χ2n) is 5.14. The Morgan fingerprint density at radius 1 is 1.29 bits per heavy atom. The maximum absolute atomic E-state index is 9.30. The van der Waals surface area contributed by atoms with Gasteiger partial charge in [0.15, 0.2) is 0 Å². The summed E-state index contributed by atoms with van der Waals surface area (Å²) in [6.07, 6.45) is 3.08. The van der Waals surface area contributed by atoms with Crippen molar-refractivity contribution in [3.63, 3.8) is 0 Å². The predicted molar refractivity (Wildman–Crippen MR) is 69.8 cm³/mol. The van der Waals surface area contributed by atoms with Crippen LogP contribution in [0.1, 0.15) is 18.4 Å². The number of rotatable bonds is 4. The Morgan fingerprint density at radius 3 is 2.76 bits per heavy atom. The molecule has 17 heavy (non-hydrogen) atoms. The number of nitrogens with zero attached hydrogens (tertiary/aromatic N) is 1. The number of hydrogen-bond acceptors (Lipinski definition) is 3. The zero-order valence-corrected chi connectivity index (χ0v) is 10.3. The van der Waals surface area contributed by atoms with Gasteiger partial charge < -0.3 is 15.7 Å². The highest BCUT2D eigenvalue weighted by atomic mass is 16.3. The van der Waals surface area contributed by atoms with E-state index in [4.69, 9.17) is 5.73 Å². The average Bonchev–Trinajstić information content (AvgIpc) is 2.38. The molecule has 1 aliphatic rings. The Kier molecular flexibility index (Phi) is 4.15. The second-order valence-corrected chi connectivity index (χ2v) is 5.14. The van der Waals surface area contributed by atoms with E-state index in [-0.39, 0.29) is 12.1 Å². The van der Waals surface area contributed by atoms with Crippen molar-refractivity contribution in [2.24, 2.45) is 5.73 Å². The number of nitrogens with two attached hydrogens (primary N) is 1. The van der Waals surface area contributed by atoms with Gasteiger partial charge >= 0.3 is 0 Å². The molecule has 0 aromatic heterocycles. The highest BCUT2D eigenvalue weighted by Gasteiger charge is 2.30. The van der Waals surface area contributed by atoms with Crippen molar-refractivity contribution in [1.82, 2.24) is 4.90 Å². The first-order chi connectivity index (χ1) is 8.22. The van der Waals surface area contributed by atoms with Gasteiger partial charge in [-0.15, -0.1) is 0 Å². The molecule has 1 aliphatic heterocycles. The molecule has 0 aliphatic carbocycles. The van der Waals surface area contributed by atoms with Crippen LogP contribution in [0.2, 0.25) is 0 Å². The molecule has 1 aromatic rings. The third-order valence-electron chi connectivity index (χ3n) is 3.56. The van der Waals surface area contributed by atoms with Crippen LogP contribution in [-0.4, -0.2) is 41.8 Å². The molecule has 1 fully saturated rings. The Morgan fingerprint density at radius 2 is 2.06 bits per heavy atom. The molecule has 1 aromatic carbocycles. The first-order valence-corrected chi connectivity index (χ1v) is 6.38. The summed E-state index contributed by atoms with van der Waals surface area (Å²) in [7, 11) is 0. The Hall–Kier alpha value is -0.900. The molecule has 3 heteroatoms. The van der Waals surface area contributed by atoms with Crippen molar-refractivity contribution < 1.29 is 5.11 Å². The molecule has 1 atom stereocenters. The van der Waals surface area contributed by atoms with Gasteiger partial charge in [-0.2, -0.15) is 0 Å². The van der Waals surface area contributed by atoms with Crippen LogP contribution in [0.3, 0.4) is 0 Å². The number of benzene rings is 1. The molecule has 2 rings (SSSR count). The standard InChI is InChI=1S/C14H22N2O/c15-14(12-17)8-4-9-16(11-14)10-7-13-5-2-1-3-6-13/h1-3,5-6,17H,4,7-12,15H2. The largest absolute Gasteiger partial charge is 0.394 e. The van der Waals surface area contributed by atoms with E-state index in [1.54, 1.807) is 0 Å². The van der Waals surface area contributed by atoms with Crippen LogP contribution >= 0.6 is 0 Å². The average molecular weight is 234 g/mol. The van der Waals surface area contributed by atoms with Gasteiger partial charge in [-0.3, -0.25) is 0 Å². The van der Waals surface area contributed by atoms with E-state index in [1.165, 1.54) is 5.56 Å². The van der Waals surface area contributed by atoms with E-state index < -0.39 is 0 Å². The number of piperidine rings is 1. The summed E-state index contributed by atoms with van der Waals surface area (Å²) in [6, 6.07) is 10.5. The summed E-state index contributed by atoms with van der Waals surface area (Å²) in [4.78, 5) is 2.37. The molecular formula is C14H22N2O. The van der Waals surface area contributed by atoms with Crippen LogP contribution in [0, 0.1) is 0 Å². The van der Waals surface area contributed by atoms with E-state index in [0.29, 0.717) is 0 Å². The van der Waals surface area contributed by atoms with Crippen LogP contribution in [0.4, 0.5) is 0 Å². The highest BCUT2D eigenvalue weighted by molar-refractivity contribution is 5.15. The van der Waals surface area contributed by atoms with Gasteiger partial charge in [0.2, 0.25) is 0 Å². The van der Waals surface area contributed by atoms with Gasteiger partial charge in [-0.05, 0) is 31.4 Å². The zero-order chi connectivity index (χ0) is 12.1. The van der Waals surface area contributed by atoms with Crippen molar-refractivity contribution in [1.29, 1.82) is 0 Å². The molecule has 0 radical (unpaired) electrons. The molecular weight excluding hydrogens is 212 g/mol. The van der Waals surface area contributed by atoms with Gasteiger partial charge in [0, 0.05) is 13.1 Å². The van der Waals surface area contributed by atoms with Gasteiger partial charge in [0.1, 0.15) is 0 Å². The SMILES string of the molecule is NC1(CO)CCCN(CCc2ccccc2)C1. The fraction of sp³-hybridized carbons (Fsp3) is 0.571. The van der Waals surface area contributed by atoms with Crippen LogP contribution in [0.5, 0.6) is 0 Å². The van der Waals surface area contributed by atoms with Gasteiger partial charge in [0.25, 0.3) is 0 Å². The van der Waals surface area contributed by atoms with Crippen LogP contribution in [-0.2, 0) is 6.42 Å². The van der Waals surface area contributed by atoms with Gasteiger partial charge in [0.05, 0.1) is 12.1 Å². The van der Waals surface area contributed by atoms with Crippen molar-refractivity contribution >= 4 is 0 Å². The topological polar surface area (TPSA) is 49.5 Å². The summed E-state index contributed by atoms with van der Waals surface area (Å²) < 4.78 is 0. The molecule has 94 valence electrons. The van der Waals surface area contributed by atoms with E-state index in [9.17, 15) is 5.11 Å². The Bertz CT molecular complexity index is 341. The van der Waals surface area contributed by atoms with E-state index in [1.807, 2.05) is 6.07 Å². The fourth-order valence-corrected chi connectivity index (χ4v) is 2.51. The van der Waals surface area contributed by atoms with Crippen LogP contribution < -0.4 is 5.73 Å². The van der Waals surface area contributed by atoms with Crippen molar-refractivity contribution in [3.8, 4) is 0 Å². The molecule has 1 saturated heterocycles. The van der Waals surface area contributed by atoms with Crippen molar-refractivity contribution in [3.05, 3.63) is 35.9 Å². The van der Waals surface area contributed by atoms with E-state index in [2.05, 4.69) is 29.2 Å². The molecule has 0 bridgehead atoms. The lowest BCUT2D eigenvalue weighted by Gasteiger charge is -2.39. The molecule has 0 saturated carbocycles. The molecule has 3 nitrogen and oxygen atoms in total. The highest BCUT2D eigenvalue weighted by Crippen LogP contribution is 2.18. The summed E-state index contributed by atoms with van der Waals surface area (Å²) in [5, 5.41) is 9.30. The van der Waals surface area contributed by atoms with E-state index >= 15 is 0 Å². The summed E-state index contributed by atoms with van der Waals surface area (Å²) in [5.74, 6) is 0. The molecule has 3 N–H and O–H groups in total. The van der Waals surface area contributed by atoms with Crippen LogP contribution in [0.25, 0.3) is 0 Å². The van der Waals surface area contributed by atoms with Crippen molar-refractivity contribution in [2.75, 3.05) is 26.2 Å². The molecule has 0 spiro atoms. The summed E-state index contributed by atoms with van der Waals surface area (Å²) in [6.45, 7) is 3.04. The number of likely N-dealkylation sites (tertiary alicyclic amines) is 1. The smallest absolute Gasteiger partial charge is 0.0623 e. The third kappa shape index (κ3) is 3.53. The number of hydrogen-bond donors (Lipinski definition) is 2. The van der Waals surface area contributed by atoms with E-state index in [0.717, 1.165) is 38.9 Å². The number of aliphatic hydroxyl groups excluding tert-OH is 1. The Labute approximate surface area is 103 Å². The lowest BCUT2D eigenvalue weighted by atomic mass is 9.91. The lowest BCUT2D eigenvalue weighted by molar-refractivity contribution is 0.0952. The molecule has 1 heterocycles. The quantitative estimate of drug-likeness (QED) is 0.817. The van der Waals surface area contributed by atoms with Gasteiger partial charge in [-0.1, -0.05) is 30.3 Å². The first kappa shape index (κ1) is 12.6. The second kappa shape index (κ2) is 5.63. The fourth-order valence-electron chi connectivity index (χ4n) is 2.51. The predicted octanol–water partition coefficient (Wildman–Crippen LogP) is 1.01. The minimum absolute atomic E-state index is 0.0921. The summed E-state index contributed by atoms with van der Waals surface area (Å²) in [5.41, 5.74) is 7.11. The Balaban J connectivity index is 1.83. The third-order valence-corrected chi connectivity index (χ3v) is 3.56.